The summed E-state index contributed by atoms with van der Waals surface area (Å²) in [5, 5.41) is 13.2. The standard InChI is InChI=1S/C22H27NO5/c1-4-5-11-28-22(26)19-13(2)23-15-7-6-8-17(25)21(15)20(19)14-9-10-16(24)18(12-14)27-3/h9-10,12,20,23-24H,4-8,11H2,1-3H3/t20-/m1/s1. The Bertz CT molecular complexity index is 852. The van der Waals surface area contributed by atoms with Crippen LogP contribution < -0.4 is 10.1 Å². The average molecular weight is 385 g/mol. The molecule has 0 saturated heterocycles. The number of carbonyl (C=O) groups is 2. The summed E-state index contributed by atoms with van der Waals surface area (Å²) in [5.74, 6) is -0.597. The van der Waals surface area contributed by atoms with Gasteiger partial charge >= 0.3 is 5.97 Å². The van der Waals surface area contributed by atoms with Crippen LogP contribution in [0, 0.1) is 0 Å². The lowest BCUT2D eigenvalue weighted by Gasteiger charge is -2.34. The van der Waals surface area contributed by atoms with E-state index in [9.17, 15) is 14.7 Å². The number of rotatable bonds is 6. The normalized spacial score (nSPS) is 19.2. The van der Waals surface area contributed by atoms with Gasteiger partial charge in [0.1, 0.15) is 0 Å². The van der Waals surface area contributed by atoms with Crippen molar-refractivity contribution in [2.75, 3.05) is 13.7 Å². The molecule has 0 unspecified atom stereocenters. The van der Waals surface area contributed by atoms with Crippen LogP contribution in [0.2, 0.25) is 0 Å². The molecule has 3 rings (SSSR count). The SMILES string of the molecule is CCCCOC(=O)C1=C(C)NC2=C(C(=O)CCC2)[C@@H]1c1ccc(O)c(OC)c1. The van der Waals surface area contributed by atoms with E-state index in [1.165, 1.54) is 13.2 Å². The quantitative estimate of drug-likeness (QED) is 0.574. The van der Waals surface area contributed by atoms with Crippen molar-refractivity contribution in [3.05, 3.63) is 46.3 Å². The minimum atomic E-state index is -0.535. The van der Waals surface area contributed by atoms with Gasteiger partial charge in [0, 0.05) is 29.3 Å². The number of ether oxygens (including phenoxy) is 2. The zero-order valence-corrected chi connectivity index (χ0v) is 16.6. The second kappa shape index (κ2) is 8.50. The van der Waals surface area contributed by atoms with Gasteiger partial charge in [-0.05, 0) is 43.9 Å². The number of allylic oxidation sites excluding steroid dienone is 3. The third-order valence-corrected chi connectivity index (χ3v) is 5.26. The van der Waals surface area contributed by atoms with Crippen LogP contribution in [-0.4, -0.2) is 30.6 Å². The predicted octanol–water partition coefficient (Wildman–Crippen LogP) is 3.71. The van der Waals surface area contributed by atoms with E-state index >= 15 is 0 Å². The molecule has 0 radical (unpaired) electrons. The summed E-state index contributed by atoms with van der Waals surface area (Å²) in [4.78, 5) is 25.8. The van der Waals surface area contributed by atoms with Crippen molar-refractivity contribution in [3.63, 3.8) is 0 Å². The molecule has 0 amide bonds. The first-order valence-electron chi connectivity index (χ1n) is 9.76. The van der Waals surface area contributed by atoms with Crippen LogP contribution in [0.1, 0.15) is 57.4 Å². The highest BCUT2D eigenvalue weighted by Crippen LogP contribution is 2.44. The monoisotopic (exact) mass is 385 g/mol. The van der Waals surface area contributed by atoms with Gasteiger partial charge in [-0.1, -0.05) is 19.4 Å². The average Bonchev–Trinajstić information content (AvgIpc) is 2.67. The summed E-state index contributed by atoms with van der Waals surface area (Å²) < 4.78 is 10.7. The molecule has 1 aliphatic heterocycles. The maximum Gasteiger partial charge on any atom is 0.336 e. The predicted molar refractivity (Wildman–Crippen MR) is 105 cm³/mol. The molecule has 2 aliphatic rings. The fourth-order valence-electron chi connectivity index (χ4n) is 3.85. The maximum absolute atomic E-state index is 12.9. The summed E-state index contributed by atoms with van der Waals surface area (Å²) in [7, 11) is 1.47. The van der Waals surface area contributed by atoms with Crippen LogP contribution in [0.15, 0.2) is 40.7 Å². The fraction of sp³-hybridized carbons (Fsp3) is 0.455. The second-order valence-corrected chi connectivity index (χ2v) is 7.19. The smallest absolute Gasteiger partial charge is 0.336 e. The van der Waals surface area contributed by atoms with E-state index in [4.69, 9.17) is 9.47 Å². The Morgan fingerprint density at radius 3 is 2.82 bits per heavy atom. The van der Waals surface area contributed by atoms with E-state index in [1.807, 2.05) is 13.8 Å². The van der Waals surface area contributed by atoms with Crippen LogP contribution in [0.4, 0.5) is 0 Å². The second-order valence-electron chi connectivity index (χ2n) is 7.19. The first-order chi connectivity index (χ1) is 13.5. The van der Waals surface area contributed by atoms with Gasteiger partial charge in [0.15, 0.2) is 17.3 Å². The topological polar surface area (TPSA) is 84.9 Å². The van der Waals surface area contributed by atoms with Gasteiger partial charge in [-0.15, -0.1) is 0 Å². The summed E-state index contributed by atoms with van der Waals surface area (Å²) in [6.45, 7) is 4.21. The molecule has 0 saturated carbocycles. The Kier molecular flexibility index (Phi) is 6.07. The molecule has 150 valence electrons. The van der Waals surface area contributed by atoms with E-state index in [2.05, 4.69) is 5.32 Å². The van der Waals surface area contributed by atoms with E-state index in [1.54, 1.807) is 12.1 Å². The summed E-state index contributed by atoms with van der Waals surface area (Å²) in [6, 6.07) is 4.94. The Balaban J connectivity index is 2.09. The first kappa shape index (κ1) is 20.0. The minimum Gasteiger partial charge on any atom is -0.504 e. The maximum atomic E-state index is 12.9. The largest absolute Gasteiger partial charge is 0.504 e. The van der Waals surface area contributed by atoms with E-state index < -0.39 is 11.9 Å². The highest BCUT2D eigenvalue weighted by molar-refractivity contribution is 6.03. The zero-order chi connectivity index (χ0) is 20.3. The van der Waals surface area contributed by atoms with Crippen molar-refractivity contribution < 1.29 is 24.2 Å². The molecule has 1 aromatic carbocycles. The Morgan fingerprint density at radius 1 is 1.32 bits per heavy atom. The molecule has 1 heterocycles. The van der Waals surface area contributed by atoms with Gasteiger partial charge in [0.25, 0.3) is 0 Å². The molecular weight excluding hydrogens is 358 g/mol. The van der Waals surface area contributed by atoms with Gasteiger partial charge < -0.3 is 19.9 Å². The van der Waals surface area contributed by atoms with Crippen molar-refractivity contribution >= 4 is 11.8 Å². The van der Waals surface area contributed by atoms with Crippen molar-refractivity contribution in [3.8, 4) is 11.5 Å². The number of dihydropyridines is 1. The molecule has 1 atom stereocenters. The van der Waals surface area contributed by atoms with Crippen LogP contribution in [0.3, 0.4) is 0 Å². The number of unbranched alkanes of at least 4 members (excludes halogenated alkanes) is 1. The molecule has 28 heavy (non-hydrogen) atoms. The number of aromatic hydroxyl groups is 1. The van der Waals surface area contributed by atoms with E-state index in [0.29, 0.717) is 35.6 Å². The number of methoxy groups -OCH3 is 1. The van der Waals surface area contributed by atoms with Crippen LogP contribution in [-0.2, 0) is 14.3 Å². The number of hydrogen-bond donors (Lipinski definition) is 2. The lowest BCUT2D eigenvalue weighted by molar-refractivity contribution is -0.139. The highest BCUT2D eigenvalue weighted by atomic mass is 16.5. The van der Waals surface area contributed by atoms with Crippen molar-refractivity contribution in [2.45, 2.75) is 51.9 Å². The minimum absolute atomic E-state index is 0.0112. The Hall–Kier alpha value is -2.76. The van der Waals surface area contributed by atoms with Gasteiger partial charge in [-0.25, -0.2) is 4.79 Å². The lowest BCUT2D eigenvalue weighted by atomic mass is 9.75. The highest BCUT2D eigenvalue weighted by Gasteiger charge is 2.39. The fourth-order valence-corrected chi connectivity index (χ4v) is 3.85. The number of benzene rings is 1. The number of Topliss-reactive ketones (excluding diaryl/α,β-unsaturated/α-hetero) is 1. The number of esters is 1. The zero-order valence-electron chi connectivity index (χ0n) is 16.6. The summed E-state index contributed by atoms with van der Waals surface area (Å²) in [5.41, 5.74) is 3.36. The van der Waals surface area contributed by atoms with Crippen molar-refractivity contribution in [1.82, 2.24) is 5.32 Å². The molecule has 1 aromatic rings. The van der Waals surface area contributed by atoms with Crippen molar-refractivity contribution in [2.24, 2.45) is 0 Å². The van der Waals surface area contributed by atoms with E-state index in [-0.39, 0.29) is 11.5 Å². The number of nitrogens with one attached hydrogen (secondary N) is 1. The molecule has 6 nitrogen and oxygen atoms in total. The number of ketones is 1. The number of carbonyl (C=O) groups excluding carboxylic acids is 2. The van der Waals surface area contributed by atoms with Crippen LogP contribution >= 0.6 is 0 Å². The molecular formula is C22H27NO5. The number of phenols is 1. The molecule has 0 fully saturated rings. The van der Waals surface area contributed by atoms with Crippen molar-refractivity contribution in [1.29, 1.82) is 0 Å². The van der Waals surface area contributed by atoms with Gasteiger partial charge in [-0.3, -0.25) is 4.79 Å². The van der Waals surface area contributed by atoms with Gasteiger partial charge in [0.05, 0.1) is 19.3 Å². The number of hydrogen-bond acceptors (Lipinski definition) is 6. The van der Waals surface area contributed by atoms with Crippen LogP contribution in [0.5, 0.6) is 11.5 Å². The van der Waals surface area contributed by atoms with Gasteiger partial charge in [-0.2, -0.15) is 0 Å². The molecule has 0 bridgehead atoms. The molecule has 0 aromatic heterocycles. The summed E-state index contributed by atoms with van der Waals surface area (Å²) >= 11 is 0. The molecule has 0 spiro atoms. The Morgan fingerprint density at radius 2 is 2.11 bits per heavy atom. The number of phenolic OH excluding ortho intramolecular Hbond substituents is 1. The first-order valence-corrected chi connectivity index (χ1v) is 9.76. The lowest BCUT2D eigenvalue weighted by Crippen LogP contribution is -2.34. The molecule has 2 N–H and O–H groups in total. The third-order valence-electron chi connectivity index (χ3n) is 5.26. The Labute approximate surface area is 165 Å². The molecule has 6 heteroatoms. The summed E-state index contributed by atoms with van der Waals surface area (Å²) in [6.07, 6.45) is 3.73. The third kappa shape index (κ3) is 3.77. The van der Waals surface area contributed by atoms with Crippen LogP contribution in [0.25, 0.3) is 0 Å². The molecule has 1 aliphatic carbocycles. The van der Waals surface area contributed by atoms with E-state index in [0.717, 1.165) is 36.9 Å². The van der Waals surface area contributed by atoms with Gasteiger partial charge in [0.2, 0.25) is 0 Å².